The van der Waals surface area contributed by atoms with E-state index in [1.165, 1.54) is 7.11 Å². The summed E-state index contributed by atoms with van der Waals surface area (Å²) in [6.07, 6.45) is 8.73. The van der Waals surface area contributed by atoms with Gasteiger partial charge in [0.2, 0.25) is 0 Å². The maximum absolute atomic E-state index is 11.4. The summed E-state index contributed by atoms with van der Waals surface area (Å²) in [6, 6.07) is 7.97. The van der Waals surface area contributed by atoms with Gasteiger partial charge in [-0.15, -0.1) is 0 Å². The van der Waals surface area contributed by atoms with Gasteiger partial charge >= 0.3 is 5.97 Å². The molecule has 0 radical (unpaired) electrons. The molecule has 0 saturated carbocycles. The number of hydrogen-bond acceptors (Lipinski definition) is 3. The van der Waals surface area contributed by atoms with Gasteiger partial charge in [0.05, 0.1) is 18.4 Å². The number of unbranched alkanes of at least 4 members (excludes halogenated alkanes) is 6. The third kappa shape index (κ3) is 5.23. The van der Waals surface area contributed by atoms with Crippen molar-refractivity contribution in [2.45, 2.75) is 51.4 Å². The standard InChI is InChI=1S/C22H27NO3/c1-23-20-15-12-11-14-18(20)19(21(23)17-24)13-9-7-5-3-4-6-8-10-16-22(25)26-2/h11-12,14-15,17H,3-8,10,16H2,1-2H3. The van der Waals surface area contributed by atoms with E-state index < -0.39 is 0 Å². The number of para-hydroxylation sites is 1. The zero-order chi connectivity index (χ0) is 18.8. The molecule has 0 aliphatic carbocycles. The van der Waals surface area contributed by atoms with E-state index in [4.69, 9.17) is 0 Å². The Morgan fingerprint density at radius 2 is 1.81 bits per heavy atom. The van der Waals surface area contributed by atoms with Gasteiger partial charge in [-0.05, 0) is 18.9 Å². The first-order valence-corrected chi connectivity index (χ1v) is 9.27. The average molecular weight is 353 g/mol. The Hall–Kier alpha value is -2.54. The van der Waals surface area contributed by atoms with Crippen LogP contribution in [-0.4, -0.2) is 23.9 Å². The van der Waals surface area contributed by atoms with Gasteiger partial charge in [0.15, 0.2) is 6.29 Å². The van der Waals surface area contributed by atoms with Crippen LogP contribution in [0.1, 0.15) is 67.4 Å². The smallest absolute Gasteiger partial charge is 0.305 e. The Morgan fingerprint density at radius 1 is 1.12 bits per heavy atom. The van der Waals surface area contributed by atoms with Gasteiger partial charge in [-0.3, -0.25) is 9.59 Å². The van der Waals surface area contributed by atoms with Crippen molar-refractivity contribution in [1.82, 2.24) is 4.57 Å². The number of fused-ring (bicyclic) bond motifs is 1. The number of carbonyl (C=O) groups is 2. The molecule has 0 N–H and O–H groups in total. The van der Waals surface area contributed by atoms with Crippen LogP contribution in [0.5, 0.6) is 0 Å². The molecule has 0 fully saturated rings. The number of hydrogen-bond donors (Lipinski definition) is 0. The molecule has 0 spiro atoms. The van der Waals surface area contributed by atoms with Crippen molar-refractivity contribution < 1.29 is 14.3 Å². The fraction of sp³-hybridized carbons (Fsp3) is 0.455. The van der Waals surface area contributed by atoms with E-state index in [-0.39, 0.29) is 5.97 Å². The summed E-state index contributed by atoms with van der Waals surface area (Å²) < 4.78 is 6.53. The molecule has 0 bridgehead atoms. The minimum Gasteiger partial charge on any atom is -0.469 e. The first kappa shape index (κ1) is 19.8. The van der Waals surface area contributed by atoms with Crippen molar-refractivity contribution in [3.8, 4) is 11.8 Å². The van der Waals surface area contributed by atoms with Crippen LogP contribution >= 0.6 is 0 Å². The molecule has 1 heterocycles. The number of esters is 1. The SMILES string of the molecule is COC(=O)CCCCCCCCC#Cc1c(C=O)n(C)c2ccccc12. The summed E-state index contributed by atoms with van der Waals surface area (Å²) in [5, 5.41) is 1.04. The third-order valence-electron chi connectivity index (χ3n) is 4.64. The number of aromatic nitrogens is 1. The molecule has 2 rings (SSSR count). The normalized spacial score (nSPS) is 10.4. The summed E-state index contributed by atoms with van der Waals surface area (Å²) in [6.45, 7) is 0. The summed E-state index contributed by atoms with van der Waals surface area (Å²) in [5.41, 5.74) is 2.51. The minimum atomic E-state index is -0.122. The lowest BCUT2D eigenvalue weighted by Crippen LogP contribution is -1.99. The highest BCUT2D eigenvalue weighted by atomic mass is 16.5. The number of rotatable bonds is 9. The van der Waals surface area contributed by atoms with E-state index >= 15 is 0 Å². The number of nitrogens with zero attached hydrogens (tertiary/aromatic N) is 1. The molecular formula is C22H27NO3. The van der Waals surface area contributed by atoms with Crippen molar-refractivity contribution in [2.24, 2.45) is 7.05 Å². The Kier molecular flexibility index (Phi) is 7.95. The van der Waals surface area contributed by atoms with Crippen molar-refractivity contribution in [2.75, 3.05) is 7.11 Å². The van der Waals surface area contributed by atoms with Gasteiger partial charge in [0.1, 0.15) is 0 Å². The molecule has 0 unspecified atom stereocenters. The summed E-state index contributed by atoms with van der Waals surface area (Å²) in [4.78, 5) is 22.4. The lowest BCUT2D eigenvalue weighted by Gasteiger charge is -2.00. The maximum atomic E-state index is 11.4. The quantitative estimate of drug-likeness (QED) is 0.286. The lowest BCUT2D eigenvalue weighted by molar-refractivity contribution is -0.140. The van der Waals surface area contributed by atoms with Gasteiger partial charge in [-0.2, -0.15) is 0 Å². The van der Waals surface area contributed by atoms with Crippen LogP contribution < -0.4 is 0 Å². The Morgan fingerprint density at radius 3 is 2.54 bits per heavy atom. The van der Waals surface area contributed by atoms with E-state index in [0.29, 0.717) is 12.1 Å². The molecule has 0 aliphatic rings. The minimum absolute atomic E-state index is 0.122. The molecule has 0 saturated heterocycles. The lowest BCUT2D eigenvalue weighted by atomic mass is 10.1. The van der Waals surface area contributed by atoms with Crippen LogP contribution in [0, 0.1) is 11.8 Å². The highest BCUT2D eigenvalue weighted by Crippen LogP contribution is 2.23. The molecule has 4 nitrogen and oxygen atoms in total. The zero-order valence-electron chi connectivity index (χ0n) is 15.7. The van der Waals surface area contributed by atoms with Crippen molar-refractivity contribution >= 4 is 23.2 Å². The van der Waals surface area contributed by atoms with E-state index in [1.807, 2.05) is 35.9 Å². The van der Waals surface area contributed by atoms with E-state index in [1.54, 1.807) is 0 Å². The molecule has 1 aromatic carbocycles. The van der Waals surface area contributed by atoms with E-state index in [0.717, 1.165) is 67.7 Å². The molecule has 0 amide bonds. The molecule has 0 atom stereocenters. The summed E-state index contributed by atoms with van der Waals surface area (Å²) in [7, 11) is 3.33. The monoisotopic (exact) mass is 353 g/mol. The first-order valence-electron chi connectivity index (χ1n) is 9.27. The van der Waals surface area contributed by atoms with E-state index in [9.17, 15) is 9.59 Å². The number of ether oxygens (including phenoxy) is 1. The van der Waals surface area contributed by atoms with Crippen LogP contribution in [0.15, 0.2) is 24.3 Å². The first-order chi connectivity index (χ1) is 12.7. The molecule has 2 aromatic rings. The van der Waals surface area contributed by atoms with Crippen LogP contribution in [0.4, 0.5) is 0 Å². The van der Waals surface area contributed by atoms with Crippen LogP contribution in [0.3, 0.4) is 0 Å². The van der Waals surface area contributed by atoms with Gasteiger partial charge in [-0.25, -0.2) is 0 Å². The Balaban J connectivity index is 1.76. The Bertz CT molecular complexity index is 808. The number of benzene rings is 1. The largest absolute Gasteiger partial charge is 0.469 e. The summed E-state index contributed by atoms with van der Waals surface area (Å²) in [5.74, 6) is 6.31. The van der Waals surface area contributed by atoms with Gasteiger partial charge in [0, 0.05) is 30.8 Å². The second-order valence-corrected chi connectivity index (χ2v) is 6.45. The number of aldehydes is 1. The van der Waals surface area contributed by atoms with Gasteiger partial charge in [-0.1, -0.05) is 55.7 Å². The van der Waals surface area contributed by atoms with Crippen LogP contribution in [0.25, 0.3) is 10.9 Å². The maximum Gasteiger partial charge on any atom is 0.305 e. The van der Waals surface area contributed by atoms with Crippen molar-refractivity contribution in [3.63, 3.8) is 0 Å². The predicted octanol–water partition coefficient (Wildman–Crippen LogP) is 4.64. The van der Waals surface area contributed by atoms with Gasteiger partial charge in [0.25, 0.3) is 0 Å². The molecule has 1 aromatic heterocycles. The average Bonchev–Trinajstić information content (AvgIpc) is 2.94. The molecule has 138 valence electrons. The second-order valence-electron chi connectivity index (χ2n) is 6.45. The Labute approximate surface area is 155 Å². The summed E-state index contributed by atoms with van der Waals surface area (Å²) >= 11 is 0. The van der Waals surface area contributed by atoms with Gasteiger partial charge < -0.3 is 9.30 Å². The van der Waals surface area contributed by atoms with Crippen LogP contribution in [-0.2, 0) is 16.6 Å². The predicted molar refractivity (Wildman–Crippen MR) is 104 cm³/mol. The number of carbonyl (C=O) groups excluding carboxylic acids is 2. The number of methoxy groups -OCH3 is 1. The zero-order valence-corrected chi connectivity index (χ0v) is 15.7. The van der Waals surface area contributed by atoms with E-state index in [2.05, 4.69) is 16.6 Å². The topological polar surface area (TPSA) is 48.3 Å². The van der Waals surface area contributed by atoms with Crippen molar-refractivity contribution in [1.29, 1.82) is 0 Å². The van der Waals surface area contributed by atoms with Crippen LogP contribution in [0.2, 0.25) is 0 Å². The molecule has 26 heavy (non-hydrogen) atoms. The molecular weight excluding hydrogens is 326 g/mol. The molecule has 0 aliphatic heterocycles. The molecule has 4 heteroatoms. The number of aryl methyl sites for hydroxylation is 1. The second kappa shape index (κ2) is 10.5. The highest BCUT2D eigenvalue weighted by Gasteiger charge is 2.11. The fourth-order valence-electron chi connectivity index (χ4n) is 3.13. The fourth-order valence-corrected chi connectivity index (χ4v) is 3.13. The highest BCUT2D eigenvalue weighted by molar-refractivity contribution is 5.95. The third-order valence-corrected chi connectivity index (χ3v) is 4.64. The van der Waals surface area contributed by atoms with Crippen molar-refractivity contribution in [3.05, 3.63) is 35.5 Å².